The second kappa shape index (κ2) is 7.14. The van der Waals surface area contributed by atoms with Crippen molar-refractivity contribution in [3.8, 4) is 0 Å². The minimum atomic E-state index is -0.240. The molecule has 3 aromatic carbocycles. The summed E-state index contributed by atoms with van der Waals surface area (Å²) in [5, 5.41) is 7.10. The molecule has 0 aliphatic heterocycles. The van der Waals surface area contributed by atoms with E-state index in [0.29, 0.717) is 11.6 Å². The molecule has 2 heterocycles. The molecule has 0 unspecified atom stereocenters. The first kappa shape index (κ1) is 17.6. The van der Waals surface area contributed by atoms with Crippen molar-refractivity contribution in [3.05, 3.63) is 89.5 Å². The summed E-state index contributed by atoms with van der Waals surface area (Å²) in [6, 6.07) is 18.5. The monoisotopic (exact) mass is 405 g/mol. The Balaban J connectivity index is 1.34. The average molecular weight is 406 g/mol. The van der Waals surface area contributed by atoms with Crippen molar-refractivity contribution < 1.29 is 4.39 Å². The molecule has 5 rings (SSSR count). The number of nitrogens with zero attached hydrogens (tertiary/aromatic N) is 2. The van der Waals surface area contributed by atoms with Crippen LogP contribution in [0.25, 0.3) is 21.8 Å². The molecular formula is C22H17ClFN5. The second-order valence-corrected chi connectivity index (χ2v) is 7.26. The lowest BCUT2D eigenvalue weighted by molar-refractivity contribution is 0.621. The summed E-state index contributed by atoms with van der Waals surface area (Å²) in [6.45, 7) is 0.518. The van der Waals surface area contributed by atoms with Crippen LogP contribution >= 0.6 is 11.6 Å². The number of aromatic amines is 1. The maximum atomic E-state index is 13.4. The van der Waals surface area contributed by atoms with Crippen LogP contribution in [0.4, 0.5) is 15.8 Å². The van der Waals surface area contributed by atoms with Crippen molar-refractivity contribution in [1.82, 2.24) is 14.8 Å². The largest absolute Gasteiger partial charge is 0.360 e. The average Bonchev–Trinajstić information content (AvgIpc) is 3.30. The Hall–Kier alpha value is -3.51. The van der Waals surface area contributed by atoms with Crippen molar-refractivity contribution in [2.75, 3.05) is 10.9 Å². The molecule has 0 fully saturated rings. The lowest BCUT2D eigenvalue weighted by Crippen LogP contribution is -2.08. The van der Waals surface area contributed by atoms with Gasteiger partial charge in [0.1, 0.15) is 5.82 Å². The van der Waals surface area contributed by atoms with Gasteiger partial charge in [-0.1, -0.05) is 23.7 Å². The number of nitrogens with one attached hydrogen (secondary N) is 3. The van der Waals surface area contributed by atoms with Crippen LogP contribution in [0.5, 0.6) is 0 Å². The highest BCUT2D eigenvalue weighted by Crippen LogP contribution is 2.26. The van der Waals surface area contributed by atoms with Crippen molar-refractivity contribution in [2.24, 2.45) is 0 Å². The maximum Gasteiger partial charge on any atom is 0.123 e. The first-order valence-electron chi connectivity index (χ1n) is 9.14. The minimum absolute atomic E-state index is 0.240. The zero-order valence-electron chi connectivity index (χ0n) is 15.3. The number of benzene rings is 3. The molecule has 7 heteroatoms. The minimum Gasteiger partial charge on any atom is -0.360 e. The molecule has 0 aliphatic rings. The van der Waals surface area contributed by atoms with Gasteiger partial charge in [0.15, 0.2) is 0 Å². The number of fused-ring (bicyclic) bond motifs is 2. The van der Waals surface area contributed by atoms with Gasteiger partial charge in [0, 0.05) is 22.5 Å². The molecule has 144 valence electrons. The van der Waals surface area contributed by atoms with Gasteiger partial charge in [-0.25, -0.2) is 4.39 Å². The van der Waals surface area contributed by atoms with Crippen LogP contribution in [0.1, 0.15) is 5.56 Å². The SMILES string of the molecule is Fc1cccc(Cn2ncc3cc(NNc4ccc5[nH]cc(Cl)c5c4)ccc32)c1. The number of hydrogen-bond acceptors (Lipinski definition) is 3. The van der Waals surface area contributed by atoms with E-state index in [9.17, 15) is 4.39 Å². The van der Waals surface area contributed by atoms with Gasteiger partial charge < -0.3 is 15.8 Å². The van der Waals surface area contributed by atoms with Gasteiger partial charge in [-0.05, 0) is 54.1 Å². The number of hydrazine groups is 1. The molecule has 0 saturated carbocycles. The number of rotatable bonds is 5. The van der Waals surface area contributed by atoms with E-state index < -0.39 is 0 Å². The Labute approximate surface area is 171 Å². The maximum absolute atomic E-state index is 13.4. The summed E-state index contributed by atoms with van der Waals surface area (Å²) in [4.78, 5) is 3.12. The summed E-state index contributed by atoms with van der Waals surface area (Å²) in [6.07, 6.45) is 3.59. The van der Waals surface area contributed by atoms with Gasteiger partial charge in [-0.15, -0.1) is 0 Å². The lowest BCUT2D eigenvalue weighted by atomic mass is 10.2. The molecule has 2 aromatic heterocycles. The second-order valence-electron chi connectivity index (χ2n) is 6.85. The van der Waals surface area contributed by atoms with Crippen molar-refractivity contribution >= 4 is 44.8 Å². The van der Waals surface area contributed by atoms with Gasteiger partial charge in [-0.3, -0.25) is 4.68 Å². The quantitative estimate of drug-likeness (QED) is 0.324. The van der Waals surface area contributed by atoms with Crippen LogP contribution in [-0.4, -0.2) is 14.8 Å². The fourth-order valence-corrected chi connectivity index (χ4v) is 3.62. The number of aromatic nitrogens is 3. The van der Waals surface area contributed by atoms with E-state index in [0.717, 1.165) is 38.7 Å². The lowest BCUT2D eigenvalue weighted by Gasteiger charge is -2.10. The molecule has 0 amide bonds. The fourth-order valence-electron chi connectivity index (χ4n) is 3.41. The molecule has 0 bridgehead atoms. The van der Waals surface area contributed by atoms with E-state index in [4.69, 9.17) is 11.6 Å². The smallest absolute Gasteiger partial charge is 0.123 e. The molecule has 0 saturated heterocycles. The fraction of sp³-hybridized carbons (Fsp3) is 0.0455. The Morgan fingerprint density at radius 3 is 2.69 bits per heavy atom. The highest BCUT2D eigenvalue weighted by Gasteiger charge is 2.06. The highest BCUT2D eigenvalue weighted by molar-refractivity contribution is 6.35. The molecule has 5 aromatic rings. The molecule has 3 N–H and O–H groups in total. The van der Waals surface area contributed by atoms with E-state index in [2.05, 4.69) is 20.9 Å². The molecule has 0 aliphatic carbocycles. The molecule has 5 nitrogen and oxygen atoms in total. The Kier molecular flexibility index (Phi) is 4.33. The molecule has 0 radical (unpaired) electrons. The van der Waals surface area contributed by atoms with Gasteiger partial charge in [0.2, 0.25) is 0 Å². The van der Waals surface area contributed by atoms with Crippen LogP contribution in [0.3, 0.4) is 0 Å². The molecular weight excluding hydrogens is 389 g/mol. The van der Waals surface area contributed by atoms with E-state index in [1.807, 2.05) is 53.3 Å². The zero-order chi connectivity index (χ0) is 19.8. The van der Waals surface area contributed by atoms with Gasteiger partial charge >= 0.3 is 0 Å². The molecule has 0 atom stereocenters. The standard InChI is InChI=1S/C22H17ClFN5/c23-20-12-25-21-6-4-18(10-19(20)21)28-27-17-5-7-22-15(9-17)11-26-29(22)13-14-2-1-3-16(24)8-14/h1-12,25,27-28H,13H2. The van der Waals surface area contributed by atoms with Crippen molar-refractivity contribution in [1.29, 1.82) is 0 Å². The topological polar surface area (TPSA) is 57.7 Å². The van der Waals surface area contributed by atoms with Crippen LogP contribution in [0, 0.1) is 5.82 Å². The normalized spacial score (nSPS) is 11.2. The summed E-state index contributed by atoms with van der Waals surface area (Å²) in [5.74, 6) is -0.240. The Bertz CT molecular complexity index is 1320. The van der Waals surface area contributed by atoms with E-state index in [1.165, 1.54) is 12.1 Å². The van der Waals surface area contributed by atoms with Crippen LogP contribution < -0.4 is 10.9 Å². The first-order valence-corrected chi connectivity index (χ1v) is 9.52. The van der Waals surface area contributed by atoms with Crippen molar-refractivity contribution in [2.45, 2.75) is 6.54 Å². The molecule has 29 heavy (non-hydrogen) atoms. The number of anilines is 2. The van der Waals surface area contributed by atoms with E-state index in [-0.39, 0.29) is 5.82 Å². The predicted octanol–water partition coefficient (Wildman–Crippen LogP) is 5.80. The van der Waals surface area contributed by atoms with Gasteiger partial charge in [0.05, 0.1) is 34.7 Å². The third-order valence-corrected chi connectivity index (χ3v) is 5.16. The summed E-state index contributed by atoms with van der Waals surface area (Å²) in [7, 11) is 0. The van der Waals surface area contributed by atoms with E-state index >= 15 is 0 Å². The first-order chi connectivity index (χ1) is 14.2. The van der Waals surface area contributed by atoms with Gasteiger partial charge in [0.25, 0.3) is 0 Å². The van der Waals surface area contributed by atoms with Crippen molar-refractivity contribution in [3.63, 3.8) is 0 Å². The summed E-state index contributed by atoms with van der Waals surface area (Å²) < 4.78 is 15.3. The molecule has 0 spiro atoms. The predicted molar refractivity (Wildman–Crippen MR) is 116 cm³/mol. The number of H-pyrrole nitrogens is 1. The summed E-state index contributed by atoms with van der Waals surface area (Å²) in [5.41, 5.74) is 11.1. The van der Waals surface area contributed by atoms with Gasteiger partial charge in [-0.2, -0.15) is 5.10 Å². The van der Waals surface area contributed by atoms with E-state index in [1.54, 1.807) is 12.3 Å². The third kappa shape index (κ3) is 3.50. The Morgan fingerprint density at radius 1 is 1.00 bits per heavy atom. The Morgan fingerprint density at radius 2 is 1.83 bits per heavy atom. The van der Waals surface area contributed by atoms with Crippen LogP contribution in [0.15, 0.2) is 73.1 Å². The zero-order valence-corrected chi connectivity index (χ0v) is 16.0. The number of halogens is 2. The summed E-state index contributed by atoms with van der Waals surface area (Å²) >= 11 is 6.19. The number of hydrogen-bond donors (Lipinski definition) is 3. The van der Waals surface area contributed by atoms with Crippen LogP contribution in [0.2, 0.25) is 5.02 Å². The third-order valence-electron chi connectivity index (χ3n) is 4.85. The van der Waals surface area contributed by atoms with Crippen LogP contribution in [-0.2, 0) is 6.54 Å². The highest BCUT2D eigenvalue weighted by atomic mass is 35.5.